The molecule has 3 fully saturated rings. The number of hydrogen-bond donors (Lipinski definition) is 1. The third-order valence-corrected chi connectivity index (χ3v) is 4.02. The molecule has 0 aliphatic carbocycles. The van der Waals surface area contributed by atoms with Crippen LogP contribution >= 0.6 is 0 Å². The van der Waals surface area contributed by atoms with Gasteiger partial charge in [0.05, 0.1) is 6.10 Å². The number of rotatable bonds is 2. The fourth-order valence-corrected chi connectivity index (χ4v) is 3.01. The second kappa shape index (κ2) is 5.51. The van der Waals surface area contributed by atoms with Crippen molar-refractivity contribution in [1.29, 1.82) is 0 Å². The molecular weight excluding hydrogens is 264 g/mol. The van der Waals surface area contributed by atoms with Crippen LogP contribution in [0.2, 0.25) is 0 Å². The summed E-state index contributed by atoms with van der Waals surface area (Å²) in [7, 11) is 0. The Morgan fingerprint density at radius 1 is 1.15 bits per heavy atom. The van der Waals surface area contributed by atoms with E-state index in [1.54, 1.807) is 0 Å². The standard InChI is InChI=1S/C14H24O6/c1-8-10(15)11-12(20-14(2,3)19-11)13(17-8)18-9-6-4-5-7-16-9/h8-13,15H,4-7H2,1-3H3/t8-,9?,10-,11+,12+,13?/m0/s1. The van der Waals surface area contributed by atoms with Crippen molar-refractivity contribution in [1.82, 2.24) is 0 Å². The van der Waals surface area contributed by atoms with Crippen LogP contribution in [0.3, 0.4) is 0 Å². The van der Waals surface area contributed by atoms with Gasteiger partial charge < -0.3 is 28.8 Å². The second-order valence-corrected chi connectivity index (χ2v) is 6.20. The number of ether oxygens (including phenoxy) is 5. The van der Waals surface area contributed by atoms with Gasteiger partial charge in [0.25, 0.3) is 0 Å². The van der Waals surface area contributed by atoms with Crippen molar-refractivity contribution in [3.8, 4) is 0 Å². The predicted octanol–water partition coefficient (Wildman–Crippen LogP) is 1.16. The van der Waals surface area contributed by atoms with Gasteiger partial charge in [0, 0.05) is 6.61 Å². The molecule has 3 saturated heterocycles. The van der Waals surface area contributed by atoms with E-state index < -0.39 is 30.4 Å². The van der Waals surface area contributed by atoms with Gasteiger partial charge in [-0.25, -0.2) is 0 Å². The van der Waals surface area contributed by atoms with Crippen LogP contribution < -0.4 is 0 Å². The number of aliphatic hydroxyl groups excluding tert-OH is 1. The van der Waals surface area contributed by atoms with Gasteiger partial charge in [0.2, 0.25) is 0 Å². The summed E-state index contributed by atoms with van der Waals surface area (Å²) < 4.78 is 28.9. The molecule has 0 aromatic carbocycles. The Balaban J connectivity index is 1.69. The first kappa shape index (κ1) is 14.7. The molecule has 3 aliphatic rings. The molecule has 3 heterocycles. The van der Waals surface area contributed by atoms with Gasteiger partial charge >= 0.3 is 0 Å². The van der Waals surface area contributed by atoms with Crippen LogP contribution in [-0.4, -0.2) is 54.5 Å². The molecule has 0 spiro atoms. The number of hydrogen-bond acceptors (Lipinski definition) is 6. The molecule has 6 atom stereocenters. The lowest BCUT2D eigenvalue weighted by Crippen LogP contribution is -2.56. The van der Waals surface area contributed by atoms with Gasteiger partial charge in [-0.3, -0.25) is 0 Å². The lowest BCUT2D eigenvalue weighted by Gasteiger charge is -2.40. The van der Waals surface area contributed by atoms with Gasteiger partial charge in [-0.1, -0.05) is 0 Å². The minimum absolute atomic E-state index is 0.260. The fourth-order valence-electron chi connectivity index (χ4n) is 3.01. The van der Waals surface area contributed by atoms with Crippen molar-refractivity contribution < 1.29 is 28.8 Å². The highest BCUT2D eigenvalue weighted by Gasteiger charge is 2.54. The van der Waals surface area contributed by atoms with Crippen LogP contribution in [0.5, 0.6) is 0 Å². The van der Waals surface area contributed by atoms with Gasteiger partial charge in [-0.05, 0) is 40.0 Å². The van der Waals surface area contributed by atoms with Crippen LogP contribution in [0.25, 0.3) is 0 Å². The van der Waals surface area contributed by atoms with Crippen molar-refractivity contribution >= 4 is 0 Å². The van der Waals surface area contributed by atoms with E-state index in [1.807, 2.05) is 20.8 Å². The first-order chi connectivity index (χ1) is 9.46. The van der Waals surface area contributed by atoms with Crippen LogP contribution in [0.4, 0.5) is 0 Å². The van der Waals surface area contributed by atoms with Crippen molar-refractivity contribution in [3.63, 3.8) is 0 Å². The molecule has 20 heavy (non-hydrogen) atoms. The molecule has 0 bridgehead atoms. The molecule has 0 aromatic heterocycles. The van der Waals surface area contributed by atoms with E-state index in [0.29, 0.717) is 6.61 Å². The average Bonchev–Trinajstić information content (AvgIpc) is 2.73. The lowest BCUT2D eigenvalue weighted by atomic mass is 10.00. The van der Waals surface area contributed by atoms with Crippen molar-refractivity contribution in [2.24, 2.45) is 0 Å². The van der Waals surface area contributed by atoms with Crippen LogP contribution in [0, 0.1) is 0 Å². The molecule has 6 nitrogen and oxygen atoms in total. The monoisotopic (exact) mass is 288 g/mol. The minimum Gasteiger partial charge on any atom is -0.388 e. The maximum absolute atomic E-state index is 10.2. The van der Waals surface area contributed by atoms with E-state index >= 15 is 0 Å². The van der Waals surface area contributed by atoms with Gasteiger partial charge in [0.1, 0.15) is 18.3 Å². The zero-order valence-electron chi connectivity index (χ0n) is 12.3. The first-order valence-corrected chi connectivity index (χ1v) is 7.42. The summed E-state index contributed by atoms with van der Waals surface area (Å²) in [6, 6.07) is 0. The number of fused-ring (bicyclic) bond motifs is 1. The average molecular weight is 288 g/mol. The fraction of sp³-hybridized carbons (Fsp3) is 1.00. The Bertz CT molecular complexity index is 341. The zero-order valence-corrected chi connectivity index (χ0v) is 12.3. The van der Waals surface area contributed by atoms with E-state index in [1.165, 1.54) is 0 Å². The summed E-state index contributed by atoms with van der Waals surface area (Å²) in [5, 5.41) is 10.2. The highest BCUT2D eigenvalue weighted by molar-refractivity contribution is 4.95. The van der Waals surface area contributed by atoms with Crippen molar-refractivity contribution in [2.45, 2.75) is 82.8 Å². The molecule has 116 valence electrons. The Labute approximate surface area is 119 Å². The van der Waals surface area contributed by atoms with E-state index in [9.17, 15) is 5.11 Å². The Morgan fingerprint density at radius 2 is 1.90 bits per heavy atom. The molecule has 3 rings (SSSR count). The first-order valence-electron chi connectivity index (χ1n) is 7.42. The third kappa shape index (κ3) is 2.86. The smallest absolute Gasteiger partial charge is 0.189 e. The number of aliphatic hydroxyl groups is 1. The molecule has 0 saturated carbocycles. The SMILES string of the molecule is C[C@@H]1OC(OC2CCCCO2)[C@@H]2OC(C)(C)O[C@@H]2[C@H]1O. The molecule has 0 aromatic rings. The van der Waals surface area contributed by atoms with E-state index in [-0.39, 0.29) is 12.4 Å². The molecule has 1 N–H and O–H groups in total. The summed E-state index contributed by atoms with van der Waals surface area (Å²) in [5.41, 5.74) is 0. The summed E-state index contributed by atoms with van der Waals surface area (Å²) in [5.74, 6) is -0.737. The Kier molecular flexibility index (Phi) is 4.05. The van der Waals surface area contributed by atoms with E-state index in [4.69, 9.17) is 23.7 Å². The summed E-state index contributed by atoms with van der Waals surface area (Å²) in [4.78, 5) is 0. The van der Waals surface area contributed by atoms with Crippen LogP contribution in [0.15, 0.2) is 0 Å². The normalized spacial score (nSPS) is 48.0. The molecule has 2 unspecified atom stereocenters. The van der Waals surface area contributed by atoms with Crippen LogP contribution in [-0.2, 0) is 23.7 Å². The predicted molar refractivity (Wildman–Crippen MR) is 68.8 cm³/mol. The summed E-state index contributed by atoms with van der Waals surface area (Å²) in [6.45, 7) is 6.19. The molecular formula is C14H24O6. The lowest BCUT2D eigenvalue weighted by molar-refractivity contribution is -0.322. The van der Waals surface area contributed by atoms with E-state index in [2.05, 4.69) is 0 Å². The topological polar surface area (TPSA) is 66.4 Å². The highest BCUT2D eigenvalue weighted by Crippen LogP contribution is 2.38. The summed E-state index contributed by atoms with van der Waals surface area (Å²) in [6.07, 6.45) is 0.261. The highest BCUT2D eigenvalue weighted by atomic mass is 16.8. The van der Waals surface area contributed by atoms with E-state index in [0.717, 1.165) is 19.3 Å². The summed E-state index contributed by atoms with van der Waals surface area (Å²) >= 11 is 0. The van der Waals surface area contributed by atoms with Crippen molar-refractivity contribution in [2.75, 3.05) is 6.61 Å². The van der Waals surface area contributed by atoms with Gasteiger partial charge in [0.15, 0.2) is 18.4 Å². The largest absolute Gasteiger partial charge is 0.388 e. The van der Waals surface area contributed by atoms with Crippen molar-refractivity contribution in [3.05, 3.63) is 0 Å². The Morgan fingerprint density at radius 3 is 2.60 bits per heavy atom. The van der Waals surface area contributed by atoms with Gasteiger partial charge in [-0.2, -0.15) is 0 Å². The Hall–Kier alpha value is -0.240. The molecule has 0 amide bonds. The van der Waals surface area contributed by atoms with Crippen LogP contribution in [0.1, 0.15) is 40.0 Å². The second-order valence-electron chi connectivity index (χ2n) is 6.20. The molecule has 6 heteroatoms. The van der Waals surface area contributed by atoms with Gasteiger partial charge in [-0.15, -0.1) is 0 Å². The quantitative estimate of drug-likeness (QED) is 0.822. The molecule has 3 aliphatic heterocycles. The maximum Gasteiger partial charge on any atom is 0.189 e. The zero-order chi connectivity index (χ0) is 14.3. The maximum atomic E-state index is 10.2. The minimum atomic E-state index is -0.737. The third-order valence-electron chi connectivity index (χ3n) is 4.02. The molecule has 0 radical (unpaired) electrons.